The predicted octanol–water partition coefficient (Wildman–Crippen LogP) is 0.509. The van der Waals surface area contributed by atoms with Crippen LogP contribution in [-0.2, 0) is 9.31 Å². The number of rotatable bonds is 3. The molecular weight excluding hydrogens is 499 g/mol. The Morgan fingerprint density at radius 3 is 2.45 bits per heavy atom. The van der Waals surface area contributed by atoms with Gasteiger partial charge in [-0.3, -0.25) is 0 Å². The standard InChI is InChI=1S/C19H26BF3IN2O3/c1-12-6-7-14(10-15(12)20-28-17(2,3)18(4,5)29-20)25-16(27)26-9-8-13(11-26)24-19(21,22)23/h6-7,10,13H,8-9,11H2,1-5H3,(H,25,27)/q-1/t13-/m1/s1. The monoisotopic (exact) mass is 525 g/mol. The third kappa shape index (κ3) is 5.19. The Bertz CT molecular complexity index is 772. The van der Waals surface area contributed by atoms with Crippen molar-refractivity contribution >= 4 is 24.3 Å². The molecule has 0 saturated carbocycles. The normalized spacial score (nSPS) is 23.7. The van der Waals surface area contributed by atoms with Gasteiger partial charge < -0.3 is 0 Å². The Morgan fingerprint density at radius 1 is 1.24 bits per heavy atom. The van der Waals surface area contributed by atoms with E-state index in [2.05, 4.69) is 5.32 Å². The molecule has 0 aromatic heterocycles. The fraction of sp³-hybridized carbons (Fsp3) is 0.632. The molecule has 1 N–H and O–H groups in total. The zero-order chi connectivity index (χ0) is 21.6. The molecule has 0 bridgehead atoms. The van der Waals surface area contributed by atoms with E-state index in [-0.39, 0.29) is 12.6 Å². The summed E-state index contributed by atoms with van der Waals surface area (Å²) in [6.07, 6.45) is 0.410. The van der Waals surface area contributed by atoms with E-state index in [1.54, 1.807) is 6.07 Å². The molecule has 1 atom stereocenters. The summed E-state index contributed by atoms with van der Waals surface area (Å²) >= 11 is -1.93. The van der Waals surface area contributed by atoms with Crippen molar-refractivity contribution in [3.63, 3.8) is 0 Å². The second kappa shape index (κ2) is 7.92. The Hall–Kier alpha value is -1.01. The zero-order valence-corrected chi connectivity index (χ0v) is 19.3. The molecule has 1 aromatic carbocycles. The maximum atomic E-state index is 12.6. The molecule has 2 amide bonds. The number of alkyl halides is 5. The van der Waals surface area contributed by atoms with E-state index in [0.717, 1.165) is 11.0 Å². The molecule has 0 aliphatic carbocycles. The number of hydrogen-bond donors (Lipinski definition) is 1. The minimum absolute atomic E-state index is 0.161. The molecular formula is C19H26BF3IN2O3-. The van der Waals surface area contributed by atoms with Crippen molar-refractivity contribution in [3.05, 3.63) is 23.8 Å². The van der Waals surface area contributed by atoms with Crippen molar-refractivity contribution in [1.29, 1.82) is 0 Å². The fourth-order valence-electron chi connectivity index (χ4n) is 3.31. The summed E-state index contributed by atoms with van der Waals surface area (Å²) in [5, 5.41) is 2.81. The molecule has 0 unspecified atom stereocenters. The van der Waals surface area contributed by atoms with Crippen LogP contribution in [0.2, 0.25) is 0 Å². The third-order valence-corrected chi connectivity index (χ3v) is 8.34. The Labute approximate surface area is 180 Å². The van der Waals surface area contributed by atoms with Gasteiger partial charge in [-0.05, 0) is 0 Å². The van der Waals surface area contributed by atoms with Crippen LogP contribution in [0.1, 0.15) is 39.7 Å². The minimum atomic E-state index is -4.09. The number of urea groups is 1. The molecule has 2 saturated heterocycles. The number of carbonyl (C=O) groups excluding carboxylic acids is 1. The second-order valence-electron chi connectivity index (χ2n) is 8.46. The number of halogens is 4. The van der Waals surface area contributed by atoms with Crippen LogP contribution in [0.25, 0.3) is 0 Å². The number of aryl methyl sites for hydroxylation is 1. The van der Waals surface area contributed by atoms with Gasteiger partial charge in [-0.25, -0.2) is 0 Å². The van der Waals surface area contributed by atoms with E-state index in [1.807, 2.05) is 46.8 Å². The van der Waals surface area contributed by atoms with Gasteiger partial charge in [0.25, 0.3) is 0 Å². The van der Waals surface area contributed by atoms with Crippen LogP contribution >= 0.6 is 0 Å². The van der Waals surface area contributed by atoms with E-state index in [4.69, 9.17) is 9.31 Å². The van der Waals surface area contributed by atoms with Crippen molar-refractivity contribution < 1.29 is 48.5 Å². The molecule has 10 heteroatoms. The average Bonchev–Trinajstić information content (AvgIpc) is 3.09. The quantitative estimate of drug-likeness (QED) is 0.356. The van der Waals surface area contributed by atoms with Gasteiger partial charge >= 0.3 is 180 Å². The zero-order valence-electron chi connectivity index (χ0n) is 17.2. The van der Waals surface area contributed by atoms with Crippen molar-refractivity contribution in [2.45, 2.75) is 60.3 Å². The van der Waals surface area contributed by atoms with Crippen LogP contribution < -0.4 is 32.0 Å². The summed E-state index contributed by atoms with van der Waals surface area (Å²) in [7, 11) is -0.551. The van der Waals surface area contributed by atoms with E-state index in [1.165, 1.54) is 4.90 Å². The molecule has 2 aliphatic rings. The molecule has 2 aliphatic heterocycles. The fourth-order valence-corrected chi connectivity index (χ4v) is 5.57. The average molecular weight is 525 g/mol. The summed E-state index contributed by atoms with van der Waals surface area (Å²) in [6, 6.07) is 5.09. The summed E-state index contributed by atoms with van der Waals surface area (Å²) in [6.45, 7) is 10.3. The van der Waals surface area contributed by atoms with Gasteiger partial charge in [0.15, 0.2) is 0 Å². The van der Waals surface area contributed by atoms with E-state index in [0.29, 0.717) is 18.7 Å². The molecule has 5 nitrogen and oxygen atoms in total. The first-order valence-corrected chi connectivity index (χ1v) is 11.8. The maximum absolute atomic E-state index is 12.6. The van der Waals surface area contributed by atoms with Gasteiger partial charge in [-0.1, -0.05) is 0 Å². The molecule has 2 heterocycles. The molecule has 2 fully saturated rings. The van der Waals surface area contributed by atoms with Crippen LogP contribution in [0.4, 0.5) is 23.7 Å². The summed E-state index contributed by atoms with van der Waals surface area (Å²) in [4.78, 5) is 14.0. The number of nitrogens with one attached hydrogen (secondary N) is 1. The number of likely N-dealkylation sites (tertiary alicyclic amines) is 1. The van der Waals surface area contributed by atoms with Crippen LogP contribution in [0.15, 0.2) is 18.2 Å². The number of anilines is 1. The number of carbonyl (C=O) groups is 1. The van der Waals surface area contributed by atoms with Gasteiger partial charge in [0, 0.05) is 0 Å². The van der Waals surface area contributed by atoms with Crippen molar-refractivity contribution in [3.8, 4) is 0 Å². The van der Waals surface area contributed by atoms with Gasteiger partial charge in [0.2, 0.25) is 0 Å². The van der Waals surface area contributed by atoms with Crippen LogP contribution in [0, 0.1) is 6.92 Å². The first-order valence-electron chi connectivity index (χ1n) is 9.51. The molecule has 29 heavy (non-hydrogen) atoms. The van der Waals surface area contributed by atoms with Gasteiger partial charge in [-0.15, -0.1) is 0 Å². The molecule has 0 spiro atoms. The number of amides is 2. The van der Waals surface area contributed by atoms with E-state index < -0.39 is 47.6 Å². The first kappa shape index (κ1) is 22.7. The topological polar surface area (TPSA) is 50.8 Å². The molecule has 1 aromatic rings. The Balaban J connectivity index is 1.67. The van der Waals surface area contributed by atoms with Crippen molar-refractivity contribution in [1.82, 2.24) is 4.90 Å². The summed E-state index contributed by atoms with van der Waals surface area (Å²) < 4.78 is 45.6. The molecule has 3 rings (SSSR count). The first-order chi connectivity index (χ1) is 13.3. The van der Waals surface area contributed by atoms with Crippen molar-refractivity contribution in [2.24, 2.45) is 0 Å². The predicted molar refractivity (Wildman–Crippen MR) is 102 cm³/mol. The molecule has 162 valence electrons. The Morgan fingerprint density at radius 2 is 1.86 bits per heavy atom. The molecule has 0 radical (unpaired) electrons. The van der Waals surface area contributed by atoms with E-state index >= 15 is 0 Å². The second-order valence-corrected chi connectivity index (χ2v) is 12.1. The summed E-state index contributed by atoms with van der Waals surface area (Å²) in [5.74, 6) is 0. The number of nitrogens with zero attached hydrogens (tertiary/aromatic N) is 1. The summed E-state index contributed by atoms with van der Waals surface area (Å²) in [5.41, 5.74) is 1.41. The van der Waals surface area contributed by atoms with Gasteiger partial charge in [0.1, 0.15) is 0 Å². The third-order valence-electron chi connectivity index (χ3n) is 5.73. The Kier molecular flexibility index (Phi) is 6.19. The van der Waals surface area contributed by atoms with Gasteiger partial charge in [0.05, 0.1) is 0 Å². The van der Waals surface area contributed by atoms with Crippen molar-refractivity contribution in [2.75, 3.05) is 18.4 Å². The number of hydrogen-bond acceptors (Lipinski definition) is 3. The van der Waals surface area contributed by atoms with Gasteiger partial charge in [-0.2, -0.15) is 0 Å². The SMILES string of the molecule is Cc1ccc(NC(=O)N2CC[C@@H]([I-]C(F)(F)F)C2)cc1B1OC(C)(C)C(C)(C)O1. The van der Waals surface area contributed by atoms with Crippen LogP contribution in [0.3, 0.4) is 0 Å². The number of benzene rings is 1. The van der Waals surface area contributed by atoms with E-state index in [9.17, 15) is 18.0 Å². The van der Waals surface area contributed by atoms with Crippen LogP contribution in [0.5, 0.6) is 0 Å². The van der Waals surface area contributed by atoms with Crippen LogP contribution in [-0.4, -0.2) is 50.4 Å².